The summed E-state index contributed by atoms with van der Waals surface area (Å²) in [6, 6.07) is 7.35. The van der Waals surface area contributed by atoms with Crippen LogP contribution >= 0.6 is 0 Å². The molecule has 0 aromatic carbocycles. The first-order valence-electron chi connectivity index (χ1n) is 12.5. The molecule has 2 fully saturated rings. The van der Waals surface area contributed by atoms with Crippen LogP contribution in [0.5, 0.6) is 0 Å². The maximum Gasteiger partial charge on any atom is 0.414 e. The molecular formula is C26H32N6O5. The SMILES string of the molecule is CO[C@@H]1CC[C@H]1NC(=O)c1onc2c(N(C)C(=O)OC(C)(C)C)cc(Nc3cccc(C4CC4)n3)nc12. The number of methoxy groups -OCH3 is 1. The van der Waals surface area contributed by atoms with Crippen LogP contribution in [0.1, 0.15) is 68.6 Å². The maximum atomic E-state index is 13.1. The average molecular weight is 509 g/mol. The number of anilines is 3. The summed E-state index contributed by atoms with van der Waals surface area (Å²) in [7, 11) is 3.20. The fraction of sp³-hybridized carbons (Fsp3) is 0.500. The normalized spacial score (nSPS) is 19.3. The van der Waals surface area contributed by atoms with Crippen molar-refractivity contribution >= 4 is 40.4 Å². The number of carbonyl (C=O) groups is 2. The van der Waals surface area contributed by atoms with Crippen molar-refractivity contribution in [3.8, 4) is 0 Å². The Kier molecular flexibility index (Phi) is 6.49. The Balaban J connectivity index is 1.51. The van der Waals surface area contributed by atoms with Gasteiger partial charge in [-0.05, 0) is 58.6 Å². The first-order chi connectivity index (χ1) is 17.6. The molecule has 3 aromatic rings. The van der Waals surface area contributed by atoms with Crippen molar-refractivity contribution in [2.75, 3.05) is 24.4 Å². The summed E-state index contributed by atoms with van der Waals surface area (Å²) >= 11 is 0. The highest BCUT2D eigenvalue weighted by Gasteiger charge is 2.34. The molecule has 2 saturated carbocycles. The van der Waals surface area contributed by atoms with Gasteiger partial charge in [0.05, 0.1) is 17.8 Å². The number of hydrogen-bond donors (Lipinski definition) is 2. The lowest BCUT2D eigenvalue weighted by Gasteiger charge is -2.35. The predicted octanol–water partition coefficient (Wildman–Crippen LogP) is 4.52. The molecule has 3 aromatic heterocycles. The van der Waals surface area contributed by atoms with E-state index in [2.05, 4.69) is 20.8 Å². The van der Waals surface area contributed by atoms with Gasteiger partial charge in [0.1, 0.15) is 22.8 Å². The van der Waals surface area contributed by atoms with Crippen molar-refractivity contribution in [2.45, 2.75) is 70.1 Å². The third-order valence-electron chi connectivity index (χ3n) is 6.50. The zero-order valence-corrected chi connectivity index (χ0v) is 21.7. The summed E-state index contributed by atoms with van der Waals surface area (Å²) in [6.45, 7) is 5.37. The molecule has 2 aliphatic carbocycles. The van der Waals surface area contributed by atoms with Gasteiger partial charge in [-0.15, -0.1) is 0 Å². The monoisotopic (exact) mass is 508 g/mol. The minimum atomic E-state index is -0.693. The van der Waals surface area contributed by atoms with E-state index in [4.69, 9.17) is 19.0 Å². The highest BCUT2D eigenvalue weighted by Crippen LogP contribution is 2.39. The van der Waals surface area contributed by atoms with E-state index < -0.39 is 17.6 Å². The molecular weight excluding hydrogens is 476 g/mol. The average Bonchev–Trinajstić information content (AvgIpc) is 3.59. The standard InChI is InChI=1S/C26H32N6O5/c1-26(2,3)36-25(34)32(4)17-13-20(29-19-8-6-7-15(27-19)14-9-10-14)30-22-21(17)31-37-23(22)24(33)28-16-11-12-18(16)35-5/h6-8,13-14,16,18H,9-12H2,1-5H3,(H,28,33)(H,27,29,30)/t16-,18-/m1/s1. The fourth-order valence-corrected chi connectivity index (χ4v) is 4.21. The van der Waals surface area contributed by atoms with Crippen LogP contribution in [0.15, 0.2) is 28.8 Å². The van der Waals surface area contributed by atoms with E-state index in [0.29, 0.717) is 23.2 Å². The Bertz CT molecular complexity index is 1330. The van der Waals surface area contributed by atoms with Gasteiger partial charge in [0.25, 0.3) is 5.91 Å². The van der Waals surface area contributed by atoms with E-state index in [1.54, 1.807) is 41.0 Å². The molecule has 0 unspecified atom stereocenters. The fourth-order valence-electron chi connectivity index (χ4n) is 4.21. The van der Waals surface area contributed by atoms with Crippen molar-refractivity contribution in [1.82, 2.24) is 20.4 Å². The van der Waals surface area contributed by atoms with Gasteiger partial charge in [-0.3, -0.25) is 9.69 Å². The van der Waals surface area contributed by atoms with Crippen LogP contribution in [0.25, 0.3) is 11.0 Å². The molecule has 196 valence electrons. The van der Waals surface area contributed by atoms with E-state index in [9.17, 15) is 9.59 Å². The van der Waals surface area contributed by atoms with Gasteiger partial charge < -0.3 is 24.6 Å². The van der Waals surface area contributed by atoms with Gasteiger partial charge in [-0.1, -0.05) is 11.2 Å². The maximum absolute atomic E-state index is 13.1. The number of fused-ring (bicyclic) bond motifs is 1. The highest BCUT2D eigenvalue weighted by atomic mass is 16.6. The molecule has 2 aliphatic rings. The van der Waals surface area contributed by atoms with Crippen LogP contribution < -0.4 is 15.5 Å². The molecule has 0 bridgehead atoms. The zero-order valence-electron chi connectivity index (χ0n) is 21.7. The summed E-state index contributed by atoms with van der Waals surface area (Å²) in [4.78, 5) is 36.7. The lowest BCUT2D eigenvalue weighted by Crippen LogP contribution is -2.51. The molecule has 0 spiro atoms. The number of nitrogens with zero attached hydrogens (tertiary/aromatic N) is 4. The van der Waals surface area contributed by atoms with E-state index in [-0.39, 0.29) is 28.9 Å². The van der Waals surface area contributed by atoms with E-state index in [1.165, 1.54) is 4.90 Å². The van der Waals surface area contributed by atoms with Crippen molar-refractivity contribution < 1.29 is 23.6 Å². The molecule has 2 amide bonds. The Morgan fingerprint density at radius 1 is 1.08 bits per heavy atom. The second-order valence-corrected chi connectivity index (χ2v) is 10.6. The zero-order chi connectivity index (χ0) is 26.3. The third-order valence-corrected chi connectivity index (χ3v) is 6.50. The number of hydrogen-bond acceptors (Lipinski definition) is 9. The number of carbonyl (C=O) groups excluding carboxylic acids is 2. The van der Waals surface area contributed by atoms with Gasteiger partial charge >= 0.3 is 6.09 Å². The molecule has 3 heterocycles. The largest absolute Gasteiger partial charge is 0.443 e. The summed E-state index contributed by atoms with van der Waals surface area (Å²) in [5, 5.41) is 10.3. The third kappa shape index (κ3) is 5.36. The number of amides is 2. The van der Waals surface area contributed by atoms with E-state index in [1.807, 2.05) is 18.2 Å². The van der Waals surface area contributed by atoms with Gasteiger partial charge in [-0.2, -0.15) is 0 Å². The lowest BCUT2D eigenvalue weighted by molar-refractivity contribution is 0.00677. The van der Waals surface area contributed by atoms with E-state index in [0.717, 1.165) is 31.4 Å². The van der Waals surface area contributed by atoms with Crippen molar-refractivity contribution in [3.63, 3.8) is 0 Å². The summed E-state index contributed by atoms with van der Waals surface area (Å²) < 4.78 is 16.4. The summed E-state index contributed by atoms with van der Waals surface area (Å²) in [5.41, 5.74) is 1.19. The summed E-state index contributed by atoms with van der Waals surface area (Å²) in [5.74, 6) is 0.996. The van der Waals surface area contributed by atoms with Gasteiger partial charge in [0.15, 0.2) is 5.52 Å². The Morgan fingerprint density at radius 3 is 2.51 bits per heavy atom. The quantitative estimate of drug-likeness (QED) is 0.473. The van der Waals surface area contributed by atoms with Crippen molar-refractivity contribution in [2.24, 2.45) is 0 Å². The van der Waals surface area contributed by atoms with Crippen LogP contribution in [-0.2, 0) is 9.47 Å². The molecule has 0 aliphatic heterocycles. The number of pyridine rings is 2. The Hall–Kier alpha value is -3.73. The van der Waals surface area contributed by atoms with E-state index >= 15 is 0 Å². The summed E-state index contributed by atoms with van der Waals surface area (Å²) in [6.07, 6.45) is 3.34. The van der Waals surface area contributed by atoms with Crippen LogP contribution in [0, 0.1) is 0 Å². The van der Waals surface area contributed by atoms with Crippen LogP contribution in [0.3, 0.4) is 0 Å². The van der Waals surface area contributed by atoms with Crippen LogP contribution in [-0.4, -0.2) is 59.0 Å². The minimum Gasteiger partial charge on any atom is -0.443 e. The topological polar surface area (TPSA) is 132 Å². The second kappa shape index (κ2) is 9.62. The van der Waals surface area contributed by atoms with Crippen molar-refractivity contribution in [1.29, 1.82) is 0 Å². The van der Waals surface area contributed by atoms with Crippen LogP contribution in [0.4, 0.5) is 22.1 Å². The number of nitrogens with one attached hydrogen (secondary N) is 2. The smallest absolute Gasteiger partial charge is 0.414 e. The van der Waals surface area contributed by atoms with Gasteiger partial charge in [0.2, 0.25) is 5.76 Å². The minimum absolute atomic E-state index is 0.0398. The first kappa shape index (κ1) is 24.9. The van der Waals surface area contributed by atoms with Crippen LogP contribution in [0.2, 0.25) is 0 Å². The number of ether oxygens (including phenoxy) is 2. The van der Waals surface area contributed by atoms with Crippen molar-refractivity contribution in [3.05, 3.63) is 35.7 Å². The molecule has 0 saturated heterocycles. The second-order valence-electron chi connectivity index (χ2n) is 10.6. The molecule has 0 radical (unpaired) electrons. The molecule has 11 nitrogen and oxygen atoms in total. The lowest BCUT2D eigenvalue weighted by atomic mass is 9.89. The molecule has 5 rings (SSSR count). The first-order valence-corrected chi connectivity index (χ1v) is 12.5. The Labute approximate surface area is 214 Å². The van der Waals surface area contributed by atoms with Gasteiger partial charge in [-0.25, -0.2) is 14.8 Å². The molecule has 37 heavy (non-hydrogen) atoms. The molecule has 2 N–H and O–H groups in total. The number of aromatic nitrogens is 3. The molecule has 2 atom stereocenters. The molecule has 11 heteroatoms. The predicted molar refractivity (Wildman–Crippen MR) is 137 cm³/mol. The van der Waals surface area contributed by atoms with Gasteiger partial charge in [0, 0.05) is 31.8 Å². The highest BCUT2D eigenvalue weighted by molar-refractivity contribution is 6.07. The number of rotatable bonds is 7. The Morgan fingerprint density at radius 2 is 1.86 bits per heavy atom.